The van der Waals surface area contributed by atoms with Gasteiger partial charge in [0.05, 0.1) is 53.3 Å². The summed E-state index contributed by atoms with van der Waals surface area (Å²) in [6.07, 6.45) is 3.08. The van der Waals surface area contributed by atoms with E-state index in [1.165, 1.54) is 0 Å². The van der Waals surface area contributed by atoms with Gasteiger partial charge in [0.25, 0.3) is 5.91 Å². The first-order valence-electron chi connectivity index (χ1n) is 18.3. The summed E-state index contributed by atoms with van der Waals surface area (Å²) in [5.41, 5.74) is 7.08. The van der Waals surface area contributed by atoms with E-state index in [0.29, 0.717) is 52.2 Å². The number of methoxy groups -OCH3 is 3. The number of nitrogens with zero attached hydrogens (tertiary/aromatic N) is 2. The molecule has 0 aliphatic heterocycles. The summed E-state index contributed by atoms with van der Waals surface area (Å²) in [5, 5.41) is 4.63. The topological polar surface area (TPSA) is 109 Å². The van der Waals surface area contributed by atoms with Crippen molar-refractivity contribution in [1.29, 1.82) is 0 Å². The maximum atomic E-state index is 14.3. The third-order valence-corrected chi connectivity index (χ3v) is 11.3. The Morgan fingerprint density at radius 1 is 0.873 bits per heavy atom. The van der Waals surface area contributed by atoms with E-state index in [2.05, 4.69) is 38.2 Å². The number of carbonyl (C=O) groups excluding carboxylic acids is 2. The van der Waals surface area contributed by atoms with Crippen LogP contribution in [0.2, 0.25) is 0 Å². The van der Waals surface area contributed by atoms with Crippen LogP contribution in [0, 0.1) is 11.3 Å². The monoisotopic (exact) mass is 755 g/mol. The number of hydrogen-bond acceptors (Lipinski definition) is 9. The van der Waals surface area contributed by atoms with Gasteiger partial charge in [0.15, 0.2) is 17.6 Å². The van der Waals surface area contributed by atoms with Crippen LogP contribution in [0.4, 0.5) is 5.69 Å². The first-order chi connectivity index (χ1) is 26.4. The molecule has 1 aliphatic carbocycles. The zero-order valence-electron chi connectivity index (χ0n) is 32.2. The number of amides is 1. The van der Waals surface area contributed by atoms with Crippen molar-refractivity contribution in [2.75, 3.05) is 26.6 Å². The van der Waals surface area contributed by atoms with Gasteiger partial charge in [-0.3, -0.25) is 4.79 Å². The minimum absolute atomic E-state index is 0.0873. The van der Waals surface area contributed by atoms with Gasteiger partial charge < -0.3 is 24.3 Å². The predicted octanol–water partition coefficient (Wildman–Crippen LogP) is 9.79. The molecule has 1 aliphatic rings. The lowest BCUT2D eigenvalue weighted by molar-refractivity contribution is -0.123. The zero-order chi connectivity index (χ0) is 38.9. The SMILES string of the molecule is COc1cc(/C=C2/CC(C(C)(C)C)Cc3c2nc2ccccc2c3C(=O)OC(C)C(=O)Nc2ccc(Cc3nc4ccccc4s3)cc2)cc(OC)c1OC. The summed E-state index contributed by atoms with van der Waals surface area (Å²) >= 11 is 1.68. The lowest BCUT2D eigenvalue weighted by Gasteiger charge is -2.36. The maximum absolute atomic E-state index is 14.3. The number of benzene rings is 4. The Bertz CT molecular complexity index is 2370. The fourth-order valence-corrected chi connectivity index (χ4v) is 8.15. The summed E-state index contributed by atoms with van der Waals surface area (Å²) < 4.78 is 24.0. The summed E-state index contributed by atoms with van der Waals surface area (Å²) in [5.74, 6) is 0.788. The van der Waals surface area contributed by atoms with Gasteiger partial charge in [-0.1, -0.05) is 63.2 Å². The lowest BCUT2D eigenvalue weighted by atomic mass is 9.69. The first-order valence-corrected chi connectivity index (χ1v) is 19.1. The summed E-state index contributed by atoms with van der Waals surface area (Å²) in [6.45, 7) is 8.24. The van der Waals surface area contributed by atoms with Crippen LogP contribution in [-0.2, 0) is 22.4 Å². The smallest absolute Gasteiger partial charge is 0.339 e. The van der Waals surface area contributed by atoms with Gasteiger partial charge in [-0.05, 0) is 102 Å². The minimum atomic E-state index is -1.06. The Morgan fingerprint density at radius 2 is 1.55 bits per heavy atom. The second-order valence-electron chi connectivity index (χ2n) is 14.9. The molecule has 0 saturated carbocycles. The molecule has 0 bridgehead atoms. The predicted molar refractivity (Wildman–Crippen MR) is 219 cm³/mol. The number of esters is 1. The third kappa shape index (κ3) is 7.91. The highest BCUT2D eigenvalue weighted by molar-refractivity contribution is 7.18. The molecule has 4 aromatic carbocycles. The van der Waals surface area contributed by atoms with Crippen LogP contribution < -0.4 is 19.5 Å². The number of thiazole rings is 1. The standard InChI is InChI=1S/C45H45N3O6S/c1-26(43(49)46-31-18-16-27(17-19-31)23-39-47-35-14-10-11-15-38(35)55-39)54-44(50)40-32-12-8-9-13-34(32)48-41-29(24-30(25-33(40)41)45(2,3)4)20-28-21-36(51-5)42(53-7)37(22-28)52-6/h8-22,26,30H,23-25H2,1-7H3,(H,46,49)/b29-20-. The normalized spacial score (nSPS) is 15.4. The summed E-state index contributed by atoms with van der Waals surface area (Å²) in [4.78, 5) is 37.7. The van der Waals surface area contributed by atoms with Crippen LogP contribution in [0.25, 0.3) is 32.8 Å². The number of nitrogens with one attached hydrogen (secondary N) is 1. The molecule has 2 aromatic heterocycles. The van der Waals surface area contributed by atoms with E-state index in [9.17, 15) is 9.59 Å². The number of pyridine rings is 1. The lowest BCUT2D eigenvalue weighted by Crippen LogP contribution is -2.32. The average Bonchev–Trinajstić information content (AvgIpc) is 3.59. The van der Waals surface area contributed by atoms with Crippen molar-refractivity contribution < 1.29 is 28.5 Å². The minimum Gasteiger partial charge on any atom is -0.493 e. The molecule has 0 fully saturated rings. The fourth-order valence-electron chi connectivity index (χ4n) is 7.15. The number of rotatable bonds is 10. The van der Waals surface area contributed by atoms with Crippen molar-refractivity contribution in [3.05, 3.63) is 118 Å². The van der Waals surface area contributed by atoms with Gasteiger partial charge in [0.1, 0.15) is 0 Å². The molecule has 9 nitrogen and oxygen atoms in total. The summed E-state index contributed by atoms with van der Waals surface area (Å²) in [7, 11) is 4.76. The highest BCUT2D eigenvalue weighted by Crippen LogP contribution is 2.46. The molecule has 1 amide bonds. The number of allylic oxidation sites excluding steroid dienone is 1. The zero-order valence-corrected chi connectivity index (χ0v) is 33.0. The molecule has 282 valence electrons. The maximum Gasteiger partial charge on any atom is 0.339 e. The van der Waals surface area contributed by atoms with Crippen LogP contribution in [0.3, 0.4) is 0 Å². The number of fused-ring (bicyclic) bond motifs is 3. The van der Waals surface area contributed by atoms with E-state index in [1.807, 2.05) is 78.9 Å². The van der Waals surface area contributed by atoms with Crippen LogP contribution in [0.15, 0.2) is 84.9 Å². The number of anilines is 1. The van der Waals surface area contributed by atoms with Crippen molar-refractivity contribution in [3.63, 3.8) is 0 Å². The van der Waals surface area contributed by atoms with Gasteiger partial charge in [-0.15, -0.1) is 11.3 Å². The molecular weight excluding hydrogens is 711 g/mol. The Labute approximate surface area is 325 Å². The summed E-state index contributed by atoms with van der Waals surface area (Å²) in [6, 6.07) is 27.2. The van der Waals surface area contributed by atoms with Crippen molar-refractivity contribution in [2.45, 2.75) is 53.1 Å². The molecule has 0 saturated heterocycles. The number of ether oxygens (including phenoxy) is 4. The molecule has 0 spiro atoms. The van der Waals surface area contributed by atoms with Crippen molar-refractivity contribution in [2.24, 2.45) is 11.3 Å². The van der Waals surface area contributed by atoms with Crippen LogP contribution in [0.1, 0.15) is 71.9 Å². The van der Waals surface area contributed by atoms with Crippen LogP contribution >= 0.6 is 11.3 Å². The number of carbonyl (C=O) groups is 2. The van der Waals surface area contributed by atoms with Crippen LogP contribution in [0.5, 0.6) is 17.2 Å². The number of hydrogen-bond donors (Lipinski definition) is 1. The molecule has 2 heterocycles. The molecule has 10 heteroatoms. The second kappa shape index (κ2) is 15.5. The Balaban J connectivity index is 1.17. The van der Waals surface area contributed by atoms with Crippen molar-refractivity contribution in [3.8, 4) is 17.2 Å². The van der Waals surface area contributed by atoms with E-state index in [0.717, 1.165) is 49.6 Å². The van der Waals surface area contributed by atoms with E-state index < -0.39 is 18.0 Å². The second-order valence-corrected chi connectivity index (χ2v) is 16.0. The average molecular weight is 756 g/mol. The molecule has 7 rings (SSSR count). The van der Waals surface area contributed by atoms with Crippen molar-refractivity contribution >= 4 is 61.7 Å². The van der Waals surface area contributed by atoms with Crippen LogP contribution in [-0.4, -0.2) is 49.3 Å². The first kappa shape index (κ1) is 37.6. The molecular formula is C45H45N3O6S. The molecule has 2 atom stereocenters. The highest BCUT2D eigenvalue weighted by atomic mass is 32.1. The Kier molecular flexibility index (Phi) is 10.6. The molecule has 0 radical (unpaired) electrons. The number of para-hydroxylation sites is 2. The van der Waals surface area contributed by atoms with E-state index in [-0.39, 0.29) is 11.3 Å². The fraction of sp³-hybridized carbons (Fsp3) is 0.289. The third-order valence-electron chi connectivity index (χ3n) is 10.2. The number of aromatic nitrogens is 2. The van der Waals surface area contributed by atoms with Gasteiger partial charge in [-0.2, -0.15) is 0 Å². The molecule has 2 unspecified atom stereocenters. The quantitative estimate of drug-likeness (QED) is 0.138. The van der Waals surface area contributed by atoms with E-state index in [1.54, 1.807) is 39.6 Å². The largest absolute Gasteiger partial charge is 0.493 e. The van der Waals surface area contributed by atoms with Gasteiger partial charge >= 0.3 is 5.97 Å². The molecule has 6 aromatic rings. The molecule has 1 N–H and O–H groups in total. The molecule has 55 heavy (non-hydrogen) atoms. The van der Waals surface area contributed by atoms with E-state index in [4.69, 9.17) is 28.9 Å². The van der Waals surface area contributed by atoms with Crippen molar-refractivity contribution in [1.82, 2.24) is 9.97 Å². The van der Waals surface area contributed by atoms with Gasteiger partial charge in [0, 0.05) is 17.5 Å². The van der Waals surface area contributed by atoms with E-state index >= 15 is 0 Å². The van der Waals surface area contributed by atoms with Gasteiger partial charge in [-0.25, -0.2) is 14.8 Å². The van der Waals surface area contributed by atoms with Gasteiger partial charge in [0.2, 0.25) is 5.75 Å². The highest BCUT2D eigenvalue weighted by Gasteiger charge is 2.36. The Hall–Kier alpha value is -5.74. The Morgan fingerprint density at radius 3 is 2.20 bits per heavy atom.